The maximum Gasteiger partial charge on any atom is 0.144 e. The molecule has 0 aliphatic carbocycles. The smallest absolute Gasteiger partial charge is 0.144 e. The third-order valence-electron chi connectivity index (χ3n) is 2.61. The van der Waals surface area contributed by atoms with E-state index in [-0.39, 0.29) is 0 Å². The molecule has 3 heteroatoms. The Labute approximate surface area is 101 Å². The lowest BCUT2D eigenvalue weighted by Crippen LogP contribution is -1.96. The van der Waals surface area contributed by atoms with E-state index in [9.17, 15) is 0 Å². The standard InChI is InChI=1S/C14H13N3/c1-9-4-5-13(10(2)6-9)14-7-12(8-15)16-11(3)17-14/h4-7H,1-3H3. The molecule has 0 saturated heterocycles. The first-order chi connectivity index (χ1) is 8.10. The van der Waals surface area contributed by atoms with Crippen LogP contribution in [-0.4, -0.2) is 9.97 Å². The summed E-state index contributed by atoms with van der Waals surface area (Å²) in [7, 11) is 0. The van der Waals surface area contributed by atoms with Crippen LogP contribution in [0.3, 0.4) is 0 Å². The molecule has 1 aromatic carbocycles. The van der Waals surface area contributed by atoms with Crippen molar-refractivity contribution in [2.24, 2.45) is 0 Å². The highest BCUT2D eigenvalue weighted by Crippen LogP contribution is 2.22. The Morgan fingerprint density at radius 2 is 1.82 bits per heavy atom. The third kappa shape index (κ3) is 2.31. The molecule has 3 nitrogen and oxygen atoms in total. The van der Waals surface area contributed by atoms with Gasteiger partial charge in [-0.1, -0.05) is 23.8 Å². The Kier molecular flexibility index (Phi) is 2.88. The van der Waals surface area contributed by atoms with E-state index in [0.717, 1.165) is 16.8 Å². The fourth-order valence-electron chi connectivity index (χ4n) is 1.86. The maximum absolute atomic E-state index is 8.91. The number of benzene rings is 1. The molecule has 0 amide bonds. The van der Waals surface area contributed by atoms with E-state index in [0.29, 0.717) is 11.5 Å². The Morgan fingerprint density at radius 1 is 1.06 bits per heavy atom. The average molecular weight is 223 g/mol. The lowest BCUT2D eigenvalue weighted by molar-refractivity contribution is 1.04. The summed E-state index contributed by atoms with van der Waals surface area (Å²) in [6, 6.07) is 9.98. The molecule has 1 aromatic heterocycles. The minimum absolute atomic E-state index is 0.410. The second-order valence-electron chi connectivity index (χ2n) is 4.12. The number of hydrogen-bond donors (Lipinski definition) is 0. The molecule has 1 heterocycles. The van der Waals surface area contributed by atoms with Crippen LogP contribution in [0.15, 0.2) is 24.3 Å². The van der Waals surface area contributed by atoms with E-state index in [1.165, 1.54) is 5.56 Å². The van der Waals surface area contributed by atoms with E-state index < -0.39 is 0 Å². The van der Waals surface area contributed by atoms with Crippen LogP contribution in [0.2, 0.25) is 0 Å². The molecule has 0 fully saturated rings. The second kappa shape index (κ2) is 4.34. The number of aromatic nitrogens is 2. The van der Waals surface area contributed by atoms with Gasteiger partial charge < -0.3 is 0 Å². The van der Waals surface area contributed by atoms with Gasteiger partial charge in [-0.2, -0.15) is 5.26 Å². The summed E-state index contributed by atoms with van der Waals surface area (Å²) in [5.41, 5.74) is 4.65. The molecule has 0 saturated carbocycles. The van der Waals surface area contributed by atoms with Crippen LogP contribution in [0.4, 0.5) is 0 Å². The molecule has 84 valence electrons. The molecule has 2 rings (SSSR count). The highest BCUT2D eigenvalue weighted by molar-refractivity contribution is 5.64. The van der Waals surface area contributed by atoms with Crippen molar-refractivity contribution in [3.8, 4) is 17.3 Å². The molecule has 0 N–H and O–H groups in total. The molecule has 0 atom stereocenters. The maximum atomic E-state index is 8.91. The SMILES string of the molecule is Cc1ccc(-c2cc(C#N)nc(C)n2)c(C)c1. The minimum atomic E-state index is 0.410. The fraction of sp³-hybridized carbons (Fsp3) is 0.214. The Bertz CT molecular complexity index is 609. The zero-order chi connectivity index (χ0) is 12.4. The van der Waals surface area contributed by atoms with Crippen molar-refractivity contribution in [2.45, 2.75) is 20.8 Å². The lowest BCUT2D eigenvalue weighted by atomic mass is 10.0. The van der Waals surface area contributed by atoms with Crippen LogP contribution in [0.25, 0.3) is 11.3 Å². The molecule has 0 bridgehead atoms. The normalized spacial score (nSPS) is 10.0. The van der Waals surface area contributed by atoms with Gasteiger partial charge in [-0.05, 0) is 26.3 Å². The Balaban J connectivity index is 2.61. The van der Waals surface area contributed by atoms with Crippen LogP contribution >= 0.6 is 0 Å². The van der Waals surface area contributed by atoms with Crippen molar-refractivity contribution in [2.75, 3.05) is 0 Å². The second-order valence-corrected chi connectivity index (χ2v) is 4.12. The lowest BCUT2D eigenvalue weighted by Gasteiger charge is -2.07. The van der Waals surface area contributed by atoms with Gasteiger partial charge in [0.1, 0.15) is 17.6 Å². The first kappa shape index (κ1) is 11.3. The molecule has 0 spiro atoms. The largest absolute Gasteiger partial charge is 0.233 e. The van der Waals surface area contributed by atoms with Crippen LogP contribution in [-0.2, 0) is 0 Å². The summed E-state index contributed by atoms with van der Waals surface area (Å²) < 4.78 is 0. The third-order valence-corrected chi connectivity index (χ3v) is 2.61. The van der Waals surface area contributed by atoms with E-state index in [4.69, 9.17) is 5.26 Å². The van der Waals surface area contributed by atoms with E-state index >= 15 is 0 Å². The number of hydrogen-bond acceptors (Lipinski definition) is 3. The highest BCUT2D eigenvalue weighted by atomic mass is 14.9. The summed E-state index contributed by atoms with van der Waals surface area (Å²) in [4.78, 5) is 8.43. The van der Waals surface area contributed by atoms with Crippen molar-refractivity contribution < 1.29 is 0 Å². The molecular weight excluding hydrogens is 210 g/mol. The molecule has 0 aliphatic rings. The van der Waals surface area contributed by atoms with Crippen molar-refractivity contribution in [3.63, 3.8) is 0 Å². The van der Waals surface area contributed by atoms with Crippen LogP contribution in [0.1, 0.15) is 22.6 Å². The van der Waals surface area contributed by atoms with Crippen LogP contribution in [0.5, 0.6) is 0 Å². The fourth-order valence-corrected chi connectivity index (χ4v) is 1.86. The van der Waals surface area contributed by atoms with Crippen LogP contribution < -0.4 is 0 Å². The topological polar surface area (TPSA) is 49.6 Å². The first-order valence-corrected chi connectivity index (χ1v) is 5.43. The van der Waals surface area contributed by atoms with E-state index in [1.807, 2.05) is 19.1 Å². The molecule has 17 heavy (non-hydrogen) atoms. The molecular formula is C14H13N3. The van der Waals surface area contributed by atoms with Gasteiger partial charge in [0.15, 0.2) is 0 Å². The zero-order valence-corrected chi connectivity index (χ0v) is 10.2. The summed E-state index contributed by atoms with van der Waals surface area (Å²) >= 11 is 0. The Morgan fingerprint density at radius 3 is 2.47 bits per heavy atom. The van der Waals surface area contributed by atoms with Gasteiger partial charge in [0.25, 0.3) is 0 Å². The van der Waals surface area contributed by atoms with Gasteiger partial charge in [-0.3, -0.25) is 0 Å². The predicted octanol–water partition coefficient (Wildman–Crippen LogP) is 2.94. The Hall–Kier alpha value is -2.21. The predicted molar refractivity (Wildman–Crippen MR) is 66.4 cm³/mol. The summed E-state index contributed by atoms with van der Waals surface area (Å²) in [6.07, 6.45) is 0. The quantitative estimate of drug-likeness (QED) is 0.746. The van der Waals surface area contributed by atoms with E-state index in [1.54, 1.807) is 13.0 Å². The van der Waals surface area contributed by atoms with Gasteiger partial charge in [-0.25, -0.2) is 9.97 Å². The number of aryl methyl sites for hydroxylation is 3. The summed E-state index contributed by atoms with van der Waals surface area (Å²) in [6.45, 7) is 5.91. The van der Waals surface area contributed by atoms with E-state index in [2.05, 4.69) is 29.0 Å². The molecule has 0 radical (unpaired) electrons. The van der Waals surface area contributed by atoms with Crippen molar-refractivity contribution >= 4 is 0 Å². The zero-order valence-electron chi connectivity index (χ0n) is 10.2. The van der Waals surface area contributed by atoms with Crippen molar-refractivity contribution in [1.82, 2.24) is 9.97 Å². The molecule has 2 aromatic rings. The minimum Gasteiger partial charge on any atom is -0.233 e. The van der Waals surface area contributed by atoms with Gasteiger partial charge in [0.05, 0.1) is 5.69 Å². The highest BCUT2D eigenvalue weighted by Gasteiger charge is 2.06. The van der Waals surface area contributed by atoms with Crippen molar-refractivity contribution in [3.05, 3.63) is 46.9 Å². The average Bonchev–Trinajstić information content (AvgIpc) is 2.28. The molecule has 0 unspecified atom stereocenters. The van der Waals surface area contributed by atoms with Crippen LogP contribution in [0, 0.1) is 32.1 Å². The van der Waals surface area contributed by atoms with Gasteiger partial charge in [0, 0.05) is 11.6 Å². The van der Waals surface area contributed by atoms with Gasteiger partial charge in [-0.15, -0.1) is 0 Å². The monoisotopic (exact) mass is 223 g/mol. The number of rotatable bonds is 1. The summed E-state index contributed by atoms with van der Waals surface area (Å²) in [5.74, 6) is 0.624. The van der Waals surface area contributed by atoms with Gasteiger partial charge in [0.2, 0.25) is 0 Å². The first-order valence-electron chi connectivity index (χ1n) is 5.43. The van der Waals surface area contributed by atoms with Crippen molar-refractivity contribution in [1.29, 1.82) is 5.26 Å². The number of nitrogens with zero attached hydrogens (tertiary/aromatic N) is 3. The van der Waals surface area contributed by atoms with Gasteiger partial charge >= 0.3 is 0 Å². The number of nitriles is 1. The summed E-state index contributed by atoms with van der Waals surface area (Å²) in [5, 5.41) is 8.91. The molecule has 0 aliphatic heterocycles.